The number of fused-ring (bicyclic) bond motifs is 1. The largest absolute Gasteiger partial charge is 0.348 e. The van der Waals surface area contributed by atoms with Crippen LogP contribution in [0.25, 0.3) is 10.8 Å². The van der Waals surface area contributed by atoms with Gasteiger partial charge in [0.2, 0.25) is 10.0 Å². The molecule has 30 heavy (non-hydrogen) atoms. The Kier molecular flexibility index (Phi) is 5.82. The van der Waals surface area contributed by atoms with Gasteiger partial charge < -0.3 is 5.32 Å². The third-order valence-electron chi connectivity index (χ3n) is 5.59. The van der Waals surface area contributed by atoms with Crippen LogP contribution < -0.4 is 5.32 Å². The molecule has 4 rings (SSSR count). The second kappa shape index (κ2) is 8.38. The molecule has 1 amide bonds. The van der Waals surface area contributed by atoms with Crippen molar-refractivity contribution < 1.29 is 13.2 Å². The molecule has 0 bridgehead atoms. The van der Waals surface area contributed by atoms with Gasteiger partial charge in [0, 0.05) is 29.7 Å². The van der Waals surface area contributed by atoms with Gasteiger partial charge in [-0.2, -0.15) is 4.31 Å². The highest BCUT2D eigenvalue weighted by molar-refractivity contribution is 7.89. The van der Waals surface area contributed by atoms with E-state index in [1.54, 1.807) is 31.2 Å². The van der Waals surface area contributed by atoms with E-state index in [0.29, 0.717) is 29.1 Å². The lowest BCUT2D eigenvalue weighted by Crippen LogP contribution is -2.49. The first-order valence-corrected chi connectivity index (χ1v) is 11.7. The molecule has 3 aromatic carbocycles. The third-order valence-corrected chi connectivity index (χ3v) is 8.01. The normalized spacial score (nSPS) is 17.7. The summed E-state index contributed by atoms with van der Waals surface area (Å²) in [5.41, 5.74) is 1.14. The Morgan fingerprint density at radius 3 is 2.63 bits per heavy atom. The number of rotatable bonds is 4. The van der Waals surface area contributed by atoms with Gasteiger partial charge in [-0.1, -0.05) is 54.1 Å². The second-order valence-electron chi connectivity index (χ2n) is 7.57. The van der Waals surface area contributed by atoms with Crippen LogP contribution in [0.4, 0.5) is 0 Å². The highest BCUT2D eigenvalue weighted by Gasteiger charge is 2.32. The lowest BCUT2D eigenvalue weighted by atomic mass is 10.0. The molecular weight excluding hydrogens is 420 g/mol. The highest BCUT2D eigenvalue weighted by atomic mass is 35.5. The summed E-state index contributed by atoms with van der Waals surface area (Å²) in [6.45, 7) is 2.37. The molecule has 1 aliphatic heterocycles. The van der Waals surface area contributed by atoms with Crippen LogP contribution in [0.15, 0.2) is 65.6 Å². The second-order valence-corrected chi connectivity index (χ2v) is 9.88. The van der Waals surface area contributed by atoms with E-state index in [9.17, 15) is 13.2 Å². The Balaban J connectivity index is 1.54. The maximum Gasteiger partial charge on any atom is 0.252 e. The van der Waals surface area contributed by atoms with E-state index >= 15 is 0 Å². The summed E-state index contributed by atoms with van der Waals surface area (Å²) in [7, 11) is -3.69. The zero-order valence-electron chi connectivity index (χ0n) is 16.6. The van der Waals surface area contributed by atoms with Gasteiger partial charge in [0.1, 0.15) is 0 Å². The smallest absolute Gasteiger partial charge is 0.252 e. The zero-order chi connectivity index (χ0) is 21.3. The molecule has 3 aromatic rings. The van der Waals surface area contributed by atoms with E-state index in [0.717, 1.165) is 17.2 Å². The summed E-state index contributed by atoms with van der Waals surface area (Å²) in [6.07, 6.45) is 1.41. The molecular formula is C23H23ClN2O3S. The van der Waals surface area contributed by atoms with Gasteiger partial charge in [-0.25, -0.2) is 8.42 Å². The maximum absolute atomic E-state index is 13.2. The van der Waals surface area contributed by atoms with Gasteiger partial charge >= 0.3 is 0 Å². The molecule has 0 spiro atoms. The van der Waals surface area contributed by atoms with Crippen LogP contribution in [0.3, 0.4) is 0 Å². The van der Waals surface area contributed by atoms with Gasteiger partial charge in [0.05, 0.1) is 4.90 Å². The van der Waals surface area contributed by atoms with E-state index in [2.05, 4.69) is 5.32 Å². The molecule has 7 heteroatoms. The van der Waals surface area contributed by atoms with E-state index in [4.69, 9.17) is 11.6 Å². The first kappa shape index (κ1) is 20.8. The maximum atomic E-state index is 13.2. The molecule has 1 fully saturated rings. The molecule has 156 valence electrons. The van der Waals surface area contributed by atoms with Crippen molar-refractivity contribution in [3.8, 4) is 0 Å². The van der Waals surface area contributed by atoms with Gasteiger partial charge in [-0.3, -0.25) is 4.79 Å². The monoisotopic (exact) mass is 442 g/mol. The van der Waals surface area contributed by atoms with Crippen LogP contribution >= 0.6 is 11.6 Å². The number of nitrogens with one attached hydrogen (secondary N) is 1. The lowest BCUT2D eigenvalue weighted by Gasteiger charge is -2.32. The van der Waals surface area contributed by atoms with Gasteiger partial charge in [-0.05, 0) is 54.3 Å². The number of amides is 1. The fourth-order valence-electron chi connectivity index (χ4n) is 3.97. The topological polar surface area (TPSA) is 66.5 Å². The van der Waals surface area contributed by atoms with Crippen molar-refractivity contribution in [2.45, 2.75) is 30.7 Å². The summed E-state index contributed by atoms with van der Waals surface area (Å²) in [5, 5.41) is 5.34. The minimum Gasteiger partial charge on any atom is -0.348 e. The number of piperidine rings is 1. The zero-order valence-corrected chi connectivity index (χ0v) is 18.2. The summed E-state index contributed by atoms with van der Waals surface area (Å²) < 4.78 is 27.8. The number of carbonyl (C=O) groups excluding carboxylic acids is 1. The Morgan fingerprint density at radius 2 is 1.80 bits per heavy atom. The molecule has 0 saturated carbocycles. The standard InChI is InChI=1S/C23H23ClN2O3S/c1-16-21(24)12-5-13-22(16)30(28,29)26-14-6-9-18(15-26)25-23(27)20-11-4-8-17-7-2-3-10-19(17)20/h2-5,7-8,10-13,18H,6,9,14-15H2,1H3,(H,25,27). The van der Waals surface area contributed by atoms with Crippen LogP contribution in [-0.2, 0) is 10.0 Å². The molecule has 1 saturated heterocycles. The van der Waals surface area contributed by atoms with E-state index in [1.165, 1.54) is 4.31 Å². The molecule has 0 radical (unpaired) electrons. The van der Waals surface area contributed by atoms with Gasteiger partial charge in [0.25, 0.3) is 5.91 Å². The predicted octanol–water partition coefficient (Wildman–Crippen LogP) is 4.38. The fourth-order valence-corrected chi connectivity index (χ4v) is 5.97. The summed E-state index contributed by atoms with van der Waals surface area (Å²) >= 11 is 6.13. The molecule has 1 heterocycles. The number of benzene rings is 3. The first-order chi connectivity index (χ1) is 14.4. The first-order valence-electron chi connectivity index (χ1n) is 9.92. The van der Waals surface area contributed by atoms with Crippen LogP contribution in [0.5, 0.6) is 0 Å². The van der Waals surface area contributed by atoms with Crippen molar-refractivity contribution in [3.63, 3.8) is 0 Å². The SMILES string of the molecule is Cc1c(Cl)cccc1S(=O)(=O)N1CCCC(NC(=O)c2cccc3ccccc23)C1. The molecule has 1 atom stereocenters. The van der Waals surface area contributed by atoms with Crippen LogP contribution in [0, 0.1) is 6.92 Å². The van der Waals surface area contributed by atoms with E-state index in [1.807, 2.05) is 36.4 Å². The average molecular weight is 443 g/mol. The summed E-state index contributed by atoms with van der Waals surface area (Å²) in [6, 6.07) is 18.0. The van der Waals surface area contributed by atoms with Crippen molar-refractivity contribution >= 4 is 38.3 Å². The van der Waals surface area contributed by atoms with Crippen molar-refractivity contribution in [1.29, 1.82) is 0 Å². The number of nitrogens with zero attached hydrogens (tertiary/aromatic N) is 1. The van der Waals surface area contributed by atoms with E-state index < -0.39 is 10.0 Å². The number of halogens is 1. The number of hydrogen-bond donors (Lipinski definition) is 1. The Morgan fingerprint density at radius 1 is 1.07 bits per heavy atom. The minimum atomic E-state index is -3.69. The number of sulfonamides is 1. The van der Waals surface area contributed by atoms with Crippen LogP contribution in [0.2, 0.25) is 5.02 Å². The molecule has 0 aromatic heterocycles. The predicted molar refractivity (Wildman–Crippen MR) is 119 cm³/mol. The van der Waals surface area contributed by atoms with Crippen LogP contribution in [-0.4, -0.2) is 37.8 Å². The molecule has 1 unspecified atom stereocenters. The van der Waals surface area contributed by atoms with Crippen LogP contribution in [0.1, 0.15) is 28.8 Å². The fraction of sp³-hybridized carbons (Fsp3) is 0.261. The summed E-state index contributed by atoms with van der Waals surface area (Å²) in [5.74, 6) is -0.185. The Hall–Kier alpha value is -2.41. The third kappa shape index (κ3) is 3.95. The summed E-state index contributed by atoms with van der Waals surface area (Å²) in [4.78, 5) is 13.2. The lowest BCUT2D eigenvalue weighted by molar-refractivity contribution is 0.0923. The Bertz CT molecular complexity index is 1200. The molecule has 5 nitrogen and oxygen atoms in total. The highest BCUT2D eigenvalue weighted by Crippen LogP contribution is 2.27. The van der Waals surface area contributed by atoms with E-state index in [-0.39, 0.29) is 23.4 Å². The van der Waals surface area contributed by atoms with Crippen molar-refractivity contribution in [3.05, 3.63) is 76.8 Å². The van der Waals surface area contributed by atoms with Crippen molar-refractivity contribution in [2.24, 2.45) is 0 Å². The average Bonchev–Trinajstić information content (AvgIpc) is 2.75. The minimum absolute atomic E-state index is 0.185. The molecule has 1 aliphatic rings. The quantitative estimate of drug-likeness (QED) is 0.651. The number of hydrogen-bond acceptors (Lipinski definition) is 3. The van der Waals surface area contributed by atoms with Crippen molar-refractivity contribution in [2.75, 3.05) is 13.1 Å². The molecule has 0 aliphatic carbocycles. The van der Waals surface area contributed by atoms with Gasteiger partial charge in [-0.15, -0.1) is 0 Å². The van der Waals surface area contributed by atoms with Crippen molar-refractivity contribution in [1.82, 2.24) is 9.62 Å². The van der Waals surface area contributed by atoms with Gasteiger partial charge in [0.15, 0.2) is 0 Å². The Labute approximate surface area is 181 Å². The number of carbonyl (C=O) groups is 1. The molecule has 1 N–H and O–H groups in total.